The number of nitrogens with zero attached hydrogens (tertiary/aromatic N) is 3. The molecule has 182 valence electrons. The highest BCUT2D eigenvalue weighted by atomic mass is 35.5. The van der Waals surface area contributed by atoms with Crippen LogP contribution in [0.3, 0.4) is 0 Å². The predicted octanol–water partition coefficient (Wildman–Crippen LogP) is 5.90. The van der Waals surface area contributed by atoms with Crippen LogP contribution in [0.5, 0.6) is 11.5 Å². The van der Waals surface area contributed by atoms with Crippen LogP contribution in [0.25, 0.3) is 0 Å². The molecular formula is C26H27ClN4O3S. The number of rotatable bonds is 6. The SMILES string of the molecule is COc1ccc(C2C3=C(CC(C)(C)CC3=O)Nc3nc(SCc4ccccc4Cl)nn32)cc1OC. The molecule has 0 saturated heterocycles. The third-order valence-corrected chi connectivity index (χ3v) is 7.61. The molecule has 5 rings (SSSR count). The van der Waals surface area contributed by atoms with Gasteiger partial charge in [0.05, 0.1) is 14.2 Å². The number of hydrogen-bond donors (Lipinski definition) is 1. The Hall–Kier alpha value is -2.97. The summed E-state index contributed by atoms with van der Waals surface area (Å²) >= 11 is 7.85. The fourth-order valence-corrected chi connectivity index (χ4v) is 5.85. The predicted molar refractivity (Wildman–Crippen MR) is 137 cm³/mol. The highest BCUT2D eigenvalue weighted by Crippen LogP contribution is 2.46. The molecule has 1 aromatic heterocycles. The van der Waals surface area contributed by atoms with E-state index in [1.165, 1.54) is 11.8 Å². The Morgan fingerprint density at radius 1 is 1.14 bits per heavy atom. The van der Waals surface area contributed by atoms with Crippen LogP contribution in [0, 0.1) is 5.41 Å². The van der Waals surface area contributed by atoms with Gasteiger partial charge in [0, 0.05) is 28.5 Å². The number of ether oxygens (including phenoxy) is 2. The molecule has 1 N–H and O–H groups in total. The highest BCUT2D eigenvalue weighted by molar-refractivity contribution is 7.98. The summed E-state index contributed by atoms with van der Waals surface area (Å²) in [6.07, 6.45) is 1.24. The first-order valence-corrected chi connectivity index (χ1v) is 12.7. The monoisotopic (exact) mass is 510 g/mol. The zero-order valence-electron chi connectivity index (χ0n) is 20.1. The number of nitrogens with one attached hydrogen (secondary N) is 1. The van der Waals surface area contributed by atoms with Crippen LogP contribution >= 0.6 is 23.4 Å². The number of hydrogen-bond acceptors (Lipinski definition) is 7. The molecule has 1 aliphatic heterocycles. The molecular weight excluding hydrogens is 484 g/mol. The van der Waals surface area contributed by atoms with Crippen LogP contribution in [0.1, 0.15) is 43.9 Å². The Bertz CT molecular complexity index is 1330. The molecule has 0 spiro atoms. The summed E-state index contributed by atoms with van der Waals surface area (Å²) in [6, 6.07) is 13.1. The Balaban J connectivity index is 1.56. The van der Waals surface area contributed by atoms with Crippen molar-refractivity contribution >= 4 is 35.1 Å². The Labute approximate surface area is 213 Å². The second-order valence-corrected chi connectivity index (χ2v) is 10.9. The van der Waals surface area contributed by atoms with E-state index in [1.807, 2.05) is 47.1 Å². The summed E-state index contributed by atoms with van der Waals surface area (Å²) in [7, 11) is 3.21. The third-order valence-electron chi connectivity index (χ3n) is 6.35. The van der Waals surface area contributed by atoms with Crippen molar-refractivity contribution in [3.8, 4) is 11.5 Å². The molecule has 0 bridgehead atoms. The van der Waals surface area contributed by atoms with Crippen LogP contribution in [0.2, 0.25) is 5.02 Å². The maximum Gasteiger partial charge on any atom is 0.227 e. The third kappa shape index (κ3) is 4.52. The average molecular weight is 511 g/mol. The number of carbonyl (C=O) groups is 1. The number of carbonyl (C=O) groups excluding carboxylic acids is 1. The van der Waals surface area contributed by atoms with E-state index in [2.05, 4.69) is 19.2 Å². The van der Waals surface area contributed by atoms with Crippen LogP contribution in [0.15, 0.2) is 58.9 Å². The van der Waals surface area contributed by atoms with E-state index >= 15 is 0 Å². The fraction of sp³-hybridized carbons (Fsp3) is 0.346. The lowest BCUT2D eigenvalue weighted by atomic mass is 9.73. The minimum Gasteiger partial charge on any atom is -0.493 e. The Morgan fingerprint density at radius 2 is 1.91 bits per heavy atom. The molecule has 1 atom stereocenters. The van der Waals surface area contributed by atoms with Crippen LogP contribution < -0.4 is 14.8 Å². The summed E-state index contributed by atoms with van der Waals surface area (Å²) < 4.78 is 12.8. The van der Waals surface area contributed by atoms with Crippen molar-refractivity contribution in [2.24, 2.45) is 5.41 Å². The van der Waals surface area contributed by atoms with Gasteiger partial charge in [0.15, 0.2) is 17.3 Å². The van der Waals surface area contributed by atoms with E-state index < -0.39 is 6.04 Å². The number of thioether (sulfide) groups is 1. The van der Waals surface area contributed by atoms with Crippen LogP contribution in [-0.2, 0) is 10.5 Å². The van der Waals surface area contributed by atoms with Crippen LogP contribution in [-0.4, -0.2) is 34.8 Å². The van der Waals surface area contributed by atoms with Gasteiger partial charge in [0.2, 0.25) is 11.1 Å². The van der Waals surface area contributed by atoms with E-state index in [0.29, 0.717) is 34.8 Å². The number of methoxy groups -OCH3 is 2. The van der Waals surface area contributed by atoms with Crippen LogP contribution in [0.4, 0.5) is 5.95 Å². The number of Topliss-reactive ketones (excluding diaryl/α,β-unsaturated/α-hetero) is 1. The molecule has 0 amide bonds. The molecule has 0 radical (unpaired) electrons. The maximum atomic E-state index is 13.4. The second-order valence-electron chi connectivity index (χ2n) is 9.52. The summed E-state index contributed by atoms with van der Waals surface area (Å²) in [4.78, 5) is 18.2. The van der Waals surface area contributed by atoms with Crippen molar-refractivity contribution in [3.63, 3.8) is 0 Å². The van der Waals surface area contributed by atoms with E-state index in [-0.39, 0.29) is 11.2 Å². The van der Waals surface area contributed by atoms with Crippen molar-refractivity contribution in [1.82, 2.24) is 14.8 Å². The molecule has 3 aromatic rings. The molecule has 2 aromatic carbocycles. The van der Waals surface area contributed by atoms with Gasteiger partial charge >= 0.3 is 0 Å². The van der Waals surface area contributed by atoms with Gasteiger partial charge in [-0.3, -0.25) is 4.79 Å². The zero-order valence-corrected chi connectivity index (χ0v) is 21.7. The molecule has 7 nitrogen and oxygen atoms in total. The number of anilines is 1. The normalized spacial score (nSPS) is 18.5. The van der Waals surface area contributed by atoms with E-state index in [0.717, 1.165) is 33.8 Å². The minimum atomic E-state index is -0.410. The second kappa shape index (κ2) is 9.24. The molecule has 35 heavy (non-hydrogen) atoms. The molecule has 2 aliphatic rings. The van der Waals surface area contributed by atoms with E-state index in [9.17, 15) is 4.79 Å². The quantitative estimate of drug-likeness (QED) is 0.413. The van der Waals surface area contributed by atoms with Crippen molar-refractivity contribution < 1.29 is 14.3 Å². The topological polar surface area (TPSA) is 78.3 Å². The summed E-state index contributed by atoms with van der Waals surface area (Å²) in [5.74, 6) is 2.61. The van der Waals surface area contributed by atoms with Crippen molar-refractivity contribution in [2.45, 2.75) is 43.6 Å². The van der Waals surface area contributed by atoms with Gasteiger partial charge in [-0.1, -0.05) is 61.5 Å². The summed E-state index contributed by atoms with van der Waals surface area (Å²) in [6.45, 7) is 4.23. The van der Waals surface area contributed by atoms with Crippen molar-refractivity contribution in [3.05, 3.63) is 69.9 Å². The number of halogens is 1. The molecule has 0 fully saturated rings. The first-order chi connectivity index (χ1) is 16.8. The average Bonchev–Trinajstić information content (AvgIpc) is 3.23. The fourth-order valence-electron chi connectivity index (χ4n) is 4.74. The molecule has 9 heteroatoms. The number of fused-ring (bicyclic) bond motifs is 1. The first kappa shape index (κ1) is 23.8. The molecule has 2 heterocycles. The molecule has 1 unspecified atom stereocenters. The number of ketones is 1. The smallest absolute Gasteiger partial charge is 0.227 e. The number of aromatic nitrogens is 3. The molecule has 0 saturated carbocycles. The number of benzene rings is 2. The van der Waals surface area contributed by atoms with E-state index in [1.54, 1.807) is 14.2 Å². The van der Waals surface area contributed by atoms with Gasteiger partial charge in [0.25, 0.3) is 0 Å². The van der Waals surface area contributed by atoms with Crippen molar-refractivity contribution in [1.29, 1.82) is 0 Å². The lowest BCUT2D eigenvalue weighted by Gasteiger charge is -2.38. The maximum absolute atomic E-state index is 13.4. The van der Waals surface area contributed by atoms with Crippen molar-refractivity contribution in [2.75, 3.05) is 19.5 Å². The first-order valence-electron chi connectivity index (χ1n) is 11.4. The minimum absolute atomic E-state index is 0.120. The number of allylic oxidation sites excluding steroid dienone is 2. The molecule has 1 aliphatic carbocycles. The van der Waals surface area contributed by atoms with Gasteiger partial charge in [-0.25, -0.2) is 4.68 Å². The van der Waals surface area contributed by atoms with E-state index in [4.69, 9.17) is 31.2 Å². The van der Waals surface area contributed by atoms with Gasteiger partial charge < -0.3 is 14.8 Å². The summed E-state index contributed by atoms with van der Waals surface area (Å²) in [5.41, 5.74) is 3.42. The highest BCUT2D eigenvalue weighted by Gasteiger charge is 2.42. The van der Waals surface area contributed by atoms with Gasteiger partial charge in [0.1, 0.15) is 6.04 Å². The zero-order chi connectivity index (χ0) is 24.7. The van der Waals surface area contributed by atoms with Gasteiger partial charge in [-0.15, -0.1) is 5.10 Å². The van der Waals surface area contributed by atoms with Gasteiger partial charge in [-0.05, 0) is 41.2 Å². The van der Waals surface area contributed by atoms with Gasteiger partial charge in [-0.2, -0.15) is 4.98 Å². The Morgan fingerprint density at radius 3 is 2.66 bits per heavy atom. The largest absolute Gasteiger partial charge is 0.493 e. The lowest BCUT2D eigenvalue weighted by molar-refractivity contribution is -0.118. The standard InChI is InChI=1S/C26H27ClN4O3S/c1-26(2)12-18-22(19(32)13-26)23(15-9-10-20(33-3)21(11-15)34-4)31-24(28-18)29-25(30-31)35-14-16-7-5-6-8-17(16)27/h5-11,23H,12-14H2,1-4H3,(H,28,29,30). The lowest BCUT2D eigenvalue weighted by Crippen LogP contribution is -2.36. The summed E-state index contributed by atoms with van der Waals surface area (Å²) in [5, 5.41) is 9.57. The Kier molecular flexibility index (Phi) is 6.27.